The number of ether oxygens (including phenoxy) is 1. The molecule has 194 valence electrons. The molecule has 3 aromatic carbocycles. The van der Waals surface area contributed by atoms with Gasteiger partial charge in [0.1, 0.15) is 17.5 Å². The molecule has 1 atom stereocenters. The van der Waals surface area contributed by atoms with Crippen LogP contribution in [0.1, 0.15) is 58.7 Å². The second kappa shape index (κ2) is 11.3. The fraction of sp³-hybridized carbons (Fsp3) is 0.226. The topological polar surface area (TPSA) is 106 Å². The zero-order valence-electron chi connectivity index (χ0n) is 21.8. The highest BCUT2D eigenvalue weighted by Gasteiger charge is 2.24. The number of ketones is 1. The molecule has 0 saturated carbocycles. The third-order valence-electron chi connectivity index (χ3n) is 6.47. The van der Waals surface area contributed by atoms with Crippen LogP contribution in [-0.2, 0) is 16.0 Å². The van der Waals surface area contributed by atoms with Crippen molar-refractivity contribution in [3.63, 3.8) is 0 Å². The van der Waals surface area contributed by atoms with E-state index in [1.807, 2.05) is 24.3 Å². The van der Waals surface area contributed by atoms with E-state index in [-0.39, 0.29) is 23.6 Å². The molecule has 7 heteroatoms. The number of amides is 1. The fourth-order valence-electron chi connectivity index (χ4n) is 4.33. The number of benzene rings is 3. The average molecular weight is 511 g/mol. The average Bonchev–Trinajstić information content (AvgIpc) is 2.92. The van der Waals surface area contributed by atoms with Gasteiger partial charge in [-0.05, 0) is 65.4 Å². The summed E-state index contributed by atoms with van der Waals surface area (Å²) in [7, 11) is 1.24. The van der Waals surface area contributed by atoms with Gasteiger partial charge in [0, 0.05) is 17.4 Å². The standard InChI is InChI=1S/C31H30N2O5/c1-18(2)21-6-5-7-22(15-21)23-10-13-27-26(16-23)25(19(3)34)17-28(32-27)30(36)33-29(31(37)38-4)14-20-8-11-24(35)12-9-20/h5-13,15-18,29,35H,14H2,1-4H3,(H,33,36). The van der Waals surface area contributed by atoms with Crippen molar-refractivity contribution < 1.29 is 24.2 Å². The van der Waals surface area contributed by atoms with Gasteiger partial charge in [-0.15, -0.1) is 0 Å². The molecule has 7 nitrogen and oxygen atoms in total. The third-order valence-corrected chi connectivity index (χ3v) is 6.47. The van der Waals surface area contributed by atoms with Gasteiger partial charge < -0.3 is 15.2 Å². The molecule has 0 fully saturated rings. The number of methoxy groups -OCH3 is 1. The molecule has 4 rings (SSSR count). The van der Waals surface area contributed by atoms with Crippen molar-refractivity contribution in [2.75, 3.05) is 7.11 Å². The molecule has 2 N–H and O–H groups in total. The van der Waals surface area contributed by atoms with Crippen LogP contribution >= 0.6 is 0 Å². The minimum absolute atomic E-state index is 0.0249. The van der Waals surface area contributed by atoms with Gasteiger partial charge in [0.2, 0.25) is 0 Å². The summed E-state index contributed by atoms with van der Waals surface area (Å²) in [6.45, 7) is 5.73. The zero-order valence-corrected chi connectivity index (χ0v) is 21.8. The number of esters is 1. The quantitative estimate of drug-likeness (QED) is 0.241. The zero-order chi connectivity index (χ0) is 27.4. The van der Waals surface area contributed by atoms with Gasteiger partial charge in [0.15, 0.2) is 5.78 Å². The summed E-state index contributed by atoms with van der Waals surface area (Å²) in [4.78, 5) is 42.7. The number of carbonyl (C=O) groups excluding carboxylic acids is 3. The number of pyridine rings is 1. The Morgan fingerprint density at radius 3 is 2.32 bits per heavy atom. The van der Waals surface area contributed by atoms with Crippen LogP contribution in [0.2, 0.25) is 0 Å². The van der Waals surface area contributed by atoms with Gasteiger partial charge in [0.25, 0.3) is 5.91 Å². The van der Waals surface area contributed by atoms with Crippen molar-refractivity contribution in [3.05, 3.63) is 95.2 Å². The van der Waals surface area contributed by atoms with Crippen molar-refractivity contribution in [1.82, 2.24) is 10.3 Å². The van der Waals surface area contributed by atoms with Gasteiger partial charge >= 0.3 is 5.97 Å². The Kier molecular flexibility index (Phi) is 7.86. The van der Waals surface area contributed by atoms with Crippen LogP contribution in [0, 0.1) is 0 Å². The highest BCUT2D eigenvalue weighted by atomic mass is 16.5. The molecule has 1 heterocycles. The van der Waals surface area contributed by atoms with Crippen molar-refractivity contribution in [2.24, 2.45) is 0 Å². The first-order chi connectivity index (χ1) is 18.2. The summed E-state index contributed by atoms with van der Waals surface area (Å²) in [5, 5.41) is 12.8. The van der Waals surface area contributed by atoms with E-state index in [1.165, 1.54) is 37.8 Å². The predicted molar refractivity (Wildman–Crippen MR) is 146 cm³/mol. The molecule has 0 aliphatic heterocycles. The number of aromatic nitrogens is 1. The maximum absolute atomic E-state index is 13.2. The smallest absolute Gasteiger partial charge is 0.328 e. The van der Waals surface area contributed by atoms with Crippen molar-refractivity contribution in [2.45, 2.75) is 39.2 Å². The molecule has 1 amide bonds. The number of aromatic hydroxyl groups is 1. The number of hydrogen-bond acceptors (Lipinski definition) is 6. The number of fused-ring (bicyclic) bond motifs is 1. The SMILES string of the molecule is COC(=O)C(Cc1ccc(O)cc1)NC(=O)c1cc(C(C)=O)c2cc(-c3cccc(C(C)C)c3)ccc2n1. The van der Waals surface area contributed by atoms with E-state index in [0.717, 1.165) is 16.7 Å². The number of rotatable bonds is 8. The Hall–Kier alpha value is -4.52. The number of phenolic OH excluding ortho intramolecular Hbond substituents is 1. The predicted octanol–water partition coefficient (Wildman–Crippen LogP) is 5.45. The maximum atomic E-state index is 13.2. The van der Waals surface area contributed by atoms with Crippen molar-refractivity contribution in [3.8, 4) is 16.9 Å². The van der Waals surface area contributed by atoms with E-state index < -0.39 is 17.9 Å². The largest absolute Gasteiger partial charge is 0.508 e. The monoisotopic (exact) mass is 510 g/mol. The Bertz CT molecular complexity index is 1510. The van der Waals surface area contributed by atoms with Crippen LogP contribution in [0.15, 0.2) is 72.8 Å². The molecular weight excluding hydrogens is 480 g/mol. The summed E-state index contributed by atoms with van der Waals surface area (Å²) >= 11 is 0. The number of hydrogen-bond donors (Lipinski definition) is 2. The highest BCUT2D eigenvalue weighted by molar-refractivity contribution is 6.09. The Balaban J connectivity index is 1.67. The Morgan fingerprint density at radius 2 is 1.66 bits per heavy atom. The summed E-state index contributed by atoms with van der Waals surface area (Å²) in [6, 6.07) is 20.7. The van der Waals surface area contributed by atoms with Gasteiger partial charge in [-0.25, -0.2) is 9.78 Å². The molecule has 0 spiro atoms. The summed E-state index contributed by atoms with van der Waals surface area (Å²) in [5.74, 6) is -0.938. The molecule has 38 heavy (non-hydrogen) atoms. The van der Waals surface area contributed by atoms with E-state index in [4.69, 9.17) is 4.74 Å². The molecule has 4 aromatic rings. The summed E-state index contributed by atoms with van der Waals surface area (Å²) in [5.41, 5.74) is 4.81. The van der Waals surface area contributed by atoms with Crippen molar-refractivity contribution in [1.29, 1.82) is 0 Å². The minimum atomic E-state index is -0.981. The molecule has 0 radical (unpaired) electrons. The van der Waals surface area contributed by atoms with E-state index in [2.05, 4.69) is 36.3 Å². The fourth-order valence-corrected chi connectivity index (χ4v) is 4.33. The number of Topliss-reactive ketones (excluding diaryl/α,β-unsaturated/α-hetero) is 1. The van der Waals surface area contributed by atoms with E-state index in [0.29, 0.717) is 22.4 Å². The van der Waals surface area contributed by atoms with Crippen LogP contribution in [0.3, 0.4) is 0 Å². The first-order valence-corrected chi connectivity index (χ1v) is 12.4. The molecule has 0 bridgehead atoms. The first kappa shape index (κ1) is 26.5. The van der Waals surface area contributed by atoms with Crippen LogP contribution in [-0.4, -0.2) is 40.9 Å². The molecular formula is C31H30N2O5. The lowest BCUT2D eigenvalue weighted by atomic mass is 9.95. The van der Waals surface area contributed by atoms with E-state index >= 15 is 0 Å². The molecule has 0 aliphatic rings. The number of nitrogens with zero attached hydrogens (tertiary/aromatic N) is 1. The molecule has 0 saturated heterocycles. The van der Waals surface area contributed by atoms with E-state index in [1.54, 1.807) is 18.2 Å². The van der Waals surface area contributed by atoms with Crippen LogP contribution in [0.4, 0.5) is 0 Å². The lowest BCUT2D eigenvalue weighted by molar-refractivity contribution is -0.142. The lowest BCUT2D eigenvalue weighted by Crippen LogP contribution is -2.43. The molecule has 1 aromatic heterocycles. The highest BCUT2D eigenvalue weighted by Crippen LogP contribution is 2.29. The number of phenols is 1. The first-order valence-electron chi connectivity index (χ1n) is 12.4. The number of carbonyl (C=O) groups is 3. The normalized spacial score (nSPS) is 11.8. The second-order valence-corrected chi connectivity index (χ2v) is 9.54. The molecule has 1 unspecified atom stereocenters. The lowest BCUT2D eigenvalue weighted by Gasteiger charge is -2.17. The molecule has 0 aliphatic carbocycles. The van der Waals surface area contributed by atoms with Crippen LogP contribution in [0.5, 0.6) is 5.75 Å². The number of nitrogens with one attached hydrogen (secondary N) is 1. The van der Waals surface area contributed by atoms with E-state index in [9.17, 15) is 19.5 Å². The Labute approximate surface area is 221 Å². The van der Waals surface area contributed by atoms with Gasteiger partial charge in [-0.1, -0.05) is 56.3 Å². The maximum Gasteiger partial charge on any atom is 0.328 e. The summed E-state index contributed by atoms with van der Waals surface area (Å²) < 4.78 is 4.88. The van der Waals surface area contributed by atoms with Crippen LogP contribution < -0.4 is 5.32 Å². The van der Waals surface area contributed by atoms with Crippen molar-refractivity contribution >= 4 is 28.6 Å². The third kappa shape index (κ3) is 5.89. The van der Waals surface area contributed by atoms with Crippen LogP contribution in [0.25, 0.3) is 22.0 Å². The Morgan fingerprint density at radius 1 is 0.947 bits per heavy atom. The second-order valence-electron chi connectivity index (χ2n) is 9.54. The van der Waals surface area contributed by atoms with Gasteiger partial charge in [-0.3, -0.25) is 9.59 Å². The van der Waals surface area contributed by atoms with Gasteiger partial charge in [-0.2, -0.15) is 0 Å². The summed E-state index contributed by atoms with van der Waals surface area (Å²) in [6.07, 6.45) is 0.157. The minimum Gasteiger partial charge on any atom is -0.508 e. The van der Waals surface area contributed by atoms with Gasteiger partial charge in [0.05, 0.1) is 12.6 Å².